The van der Waals surface area contributed by atoms with Gasteiger partial charge in [0.15, 0.2) is 0 Å². The molecule has 0 bridgehead atoms. The van der Waals surface area contributed by atoms with Crippen LogP contribution in [0, 0.1) is 11.8 Å². The van der Waals surface area contributed by atoms with Gasteiger partial charge in [0.05, 0.1) is 0 Å². The molecule has 0 spiro atoms. The van der Waals surface area contributed by atoms with E-state index in [9.17, 15) is 0 Å². The first kappa shape index (κ1) is 10.0. The molecule has 1 aliphatic carbocycles. The molecule has 0 radical (unpaired) electrons. The first-order chi connectivity index (χ1) is 5.74. The van der Waals surface area contributed by atoms with Gasteiger partial charge in [-0.25, -0.2) is 0 Å². The Morgan fingerprint density at radius 2 is 1.92 bits per heavy atom. The average molecular weight is 169 g/mol. The minimum atomic E-state index is 0.713. The zero-order valence-electron chi connectivity index (χ0n) is 8.77. The lowest BCUT2D eigenvalue weighted by molar-refractivity contribution is 0.320. The lowest BCUT2D eigenvalue weighted by atomic mass is 9.89. The Balaban J connectivity index is 2.40. The molecule has 1 fully saturated rings. The summed E-state index contributed by atoms with van der Waals surface area (Å²) in [5.41, 5.74) is 0. The van der Waals surface area contributed by atoms with Gasteiger partial charge in [-0.15, -0.1) is 0 Å². The first-order valence-corrected chi connectivity index (χ1v) is 5.41. The Morgan fingerprint density at radius 3 is 2.58 bits per heavy atom. The fraction of sp³-hybridized carbons (Fsp3) is 1.00. The van der Waals surface area contributed by atoms with Crippen molar-refractivity contribution in [3.8, 4) is 0 Å². The quantitative estimate of drug-likeness (QED) is 0.627. The van der Waals surface area contributed by atoms with Crippen molar-refractivity contribution in [3.63, 3.8) is 0 Å². The minimum absolute atomic E-state index is 0.713. The summed E-state index contributed by atoms with van der Waals surface area (Å²) in [5.74, 6) is 1.88. The van der Waals surface area contributed by atoms with Gasteiger partial charge in [-0.1, -0.05) is 26.2 Å². The second-order valence-corrected chi connectivity index (χ2v) is 4.46. The molecule has 0 aromatic carbocycles. The lowest BCUT2D eigenvalue weighted by Crippen LogP contribution is -2.30. The van der Waals surface area contributed by atoms with Crippen LogP contribution >= 0.6 is 0 Å². The van der Waals surface area contributed by atoms with Crippen molar-refractivity contribution < 1.29 is 0 Å². The van der Waals surface area contributed by atoms with E-state index in [0.29, 0.717) is 6.04 Å². The van der Waals surface area contributed by atoms with Gasteiger partial charge in [0.2, 0.25) is 0 Å². The number of rotatable bonds is 2. The molecular formula is C11H23N. The van der Waals surface area contributed by atoms with Gasteiger partial charge >= 0.3 is 0 Å². The van der Waals surface area contributed by atoms with Crippen molar-refractivity contribution in [2.75, 3.05) is 7.05 Å². The predicted molar refractivity (Wildman–Crippen MR) is 54.3 cm³/mol. The summed E-state index contributed by atoms with van der Waals surface area (Å²) in [6, 6.07) is 0.713. The van der Waals surface area contributed by atoms with Gasteiger partial charge in [-0.3, -0.25) is 0 Å². The molecule has 1 aliphatic rings. The molecule has 0 aromatic heterocycles. The van der Waals surface area contributed by atoms with Gasteiger partial charge in [0.1, 0.15) is 0 Å². The van der Waals surface area contributed by atoms with Gasteiger partial charge in [-0.05, 0) is 38.6 Å². The van der Waals surface area contributed by atoms with Crippen LogP contribution in [0.2, 0.25) is 0 Å². The second-order valence-electron chi connectivity index (χ2n) is 4.46. The summed E-state index contributed by atoms with van der Waals surface area (Å²) >= 11 is 0. The first-order valence-electron chi connectivity index (χ1n) is 5.41. The molecule has 2 unspecified atom stereocenters. The van der Waals surface area contributed by atoms with Crippen molar-refractivity contribution in [1.29, 1.82) is 0 Å². The Hall–Kier alpha value is -0.0400. The molecule has 72 valence electrons. The van der Waals surface area contributed by atoms with Crippen LogP contribution in [0.5, 0.6) is 0 Å². The molecule has 0 saturated heterocycles. The fourth-order valence-electron chi connectivity index (χ4n) is 2.34. The Bertz CT molecular complexity index is 122. The van der Waals surface area contributed by atoms with E-state index in [1.54, 1.807) is 0 Å². The zero-order chi connectivity index (χ0) is 8.97. The standard InChI is InChI=1S/C11H23N/c1-9-6-4-5-7-11(8-9)10(2)12-3/h9-12H,4-8H2,1-3H3/t9?,10-,11?/m1/s1. The average Bonchev–Trinajstić information content (AvgIpc) is 2.28. The molecule has 1 saturated carbocycles. The van der Waals surface area contributed by atoms with E-state index in [-0.39, 0.29) is 0 Å². The van der Waals surface area contributed by atoms with E-state index in [0.717, 1.165) is 11.8 Å². The zero-order valence-corrected chi connectivity index (χ0v) is 8.77. The Morgan fingerprint density at radius 1 is 1.25 bits per heavy atom. The number of hydrogen-bond acceptors (Lipinski definition) is 1. The number of nitrogens with one attached hydrogen (secondary N) is 1. The lowest BCUT2D eigenvalue weighted by Gasteiger charge is -2.23. The van der Waals surface area contributed by atoms with Crippen molar-refractivity contribution in [3.05, 3.63) is 0 Å². The molecule has 0 aliphatic heterocycles. The fourth-order valence-corrected chi connectivity index (χ4v) is 2.34. The molecular weight excluding hydrogens is 146 g/mol. The van der Waals surface area contributed by atoms with Gasteiger partial charge in [0.25, 0.3) is 0 Å². The third kappa shape index (κ3) is 2.78. The van der Waals surface area contributed by atoms with Crippen molar-refractivity contribution in [1.82, 2.24) is 5.32 Å². The Labute approximate surface area is 76.9 Å². The molecule has 12 heavy (non-hydrogen) atoms. The third-order valence-electron chi connectivity index (χ3n) is 3.39. The summed E-state index contributed by atoms with van der Waals surface area (Å²) in [4.78, 5) is 0. The molecule has 0 amide bonds. The summed E-state index contributed by atoms with van der Waals surface area (Å²) < 4.78 is 0. The van der Waals surface area contributed by atoms with Crippen LogP contribution in [-0.2, 0) is 0 Å². The van der Waals surface area contributed by atoms with Gasteiger partial charge in [-0.2, -0.15) is 0 Å². The highest BCUT2D eigenvalue weighted by atomic mass is 14.9. The van der Waals surface area contributed by atoms with Crippen LogP contribution in [0.25, 0.3) is 0 Å². The highest BCUT2D eigenvalue weighted by Gasteiger charge is 2.20. The molecule has 3 atom stereocenters. The van der Waals surface area contributed by atoms with Crippen LogP contribution in [-0.4, -0.2) is 13.1 Å². The highest BCUT2D eigenvalue weighted by molar-refractivity contribution is 4.76. The van der Waals surface area contributed by atoms with E-state index < -0.39 is 0 Å². The topological polar surface area (TPSA) is 12.0 Å². The summed E-state index contributed by atoms with van der Waals surface area (Å²) in [6.07, 6.45) is 7.22. The maximum absolute atomic E-state index is 3.38. The third-order valence-corrected chi connectivity index (χ3v) is 3.39. The van der Waals surface area contributed by atoms with Gasteiger partial charge in [0, 0.05) is 6.04 Å². The predicted octanol–water partition coefficient (Wildman–Crippen LogP) is 2.81. The Kier molecular flexibility index (Phi) is 4.07. The normalized spacial score (nSPS) is 34.2. The molecule has 1 N–H and O–H groups in total. The van der Waals surface area contributed by atoms with Crippen LogP contribution < -0.4 is 5.32 Å². The van der Waals surface area contributed by atoms with Crippen LogP contribution in [0.4, 0.5) is 0 Å². The van der Waals surface area contributed by atoms with E-state index in [2.05, 4.69) is 26.2 Å². The van der Waals surface area contributed by atoms with E-state index >= 15 is 0 Å². The monoisotopic (exact) mass is 169 g/mol. The largest absolute Gasteiger partial charge is 0.317 e. The van der Waals surface area contributed by atoms with E-state index in [4.69, 9.17) is 0 Å². The molecule has 1 nitrogen and oxygen atoms in total. The van der Waals surface area contributed by atoms with Crippen LogP contribution in [0.1, 0.15) is 46.0 Å². The molecule has 1 heteroatoms. The summed E-state index contributed by atoms with van der Waals surface area (Å²) in [6.45, 7) is 4.73. The smallest absolute Gasteiger partial charge is 0.00640 e. The molecule has 0 heterocycles. The SMILES string of the molecule is CN[C@H](C)C1CCCCC(C)C1. The second kappa shape index (κ2) is 4.86. The molecule has 0 aromatic rings. The number of hydrogen-bond donors (Lipinski definition) is 1. The van der Waals surface area contributed by atoms with Gasteiger partial charge < -0.3 is 5.32 Å². The molecule has 1 rings (SSSR count). The maximum Gasteiger partial charge on any atom is 0.00640 e. The van der Waals surface area contributed by atoms with E-state index in [1.807, 2.05) is 0 Å². The van der Waals surface area contributed by atoms with Crippen LogP contribution in [0.3, 0.4) is 0 Å². The van der Waals surface area contributed by atoms with Crippen molar-refractivity contribution in [2.24, 2.45) is 11.8 Å². The summed E-state index contributed by atoms with van der Waals surface area (Å²) in [5, 5.41) is 3.38. The van der Waals surface area contributed by atoms with E-state index in [1.165, 1.54) is 32.1 Å². The maximum atomic E-state index is 3.38. The van der Waals surface area contributed by atoms with Crippen molar-refractivity contribution >= 4 is 0 Å². The summed E-state index contributed by atoms with van der Waals surface area (Å²) in [7, 11) is 2.08. The van der Waals surface area contributed by atoms with Crippen LogP contribution in [0.15, 0.2) is 0 Å². The van der Waals surface area contributed by atoms with Crippen molar-refractivity contribution in [2.45, 2.75) is 52.0 Å². The minimum Gasteiger partial charge on any atom is -0.317 e. The highest BCUT2D eigenvalue weighted by Crippen LogP contribution is 2.29.